The van der Waals surface area contributed by atoms with Crippen molar-refractivity contribution in [3.63, 3.8) is 0 Å². The van der Waals surface area contributed by atoms with Crippen LogP contribution in [0.5, 0.6) is 0 Å². The maximum absolute atomic E-state index is 5.56. The van der Waals surface area contributed by atoms with E-state index in [0.717, 1.165) is 12.1 Å². The number of fused-ring (bicyclic) bond motifs is 2. The average molecular weight is 275 g/mol. The second-order valence-corrected chi connectivity index (χ2v) is 6.13. The van der Waals surface area contributed by atoms with Gasteiger partial charge in [-0.1, -0.05) is 28.5 Å². The standard InChI is InChI=1S/C10H14IN/c1-3-10(11)6-8-4-5-9(7-10)12(8)2/h1,8-9H,4-7H2,2H3/t8-,9+,10?. The maximum Gasteiger partial charge on any atom is 0.0853 e. The lowest BCUT2D eigenvalue weighted by atomic mass is 9.92. The monoisotopic (exact) mass is 275 g/mol. The molecule has 12 heavy (non-hydrogen) atoms. The smallest absolute Gasteiger partial charge is 0.0853 e. The quantitative estimate of drug-likeness (QED) is 0.371. The van der Waals surface area contributed by atoms with Crippen LogP contribution in [-0.2, 0) is 0 Å². The molecule has 3 atom stereocenters. The molecule has 2 heterocycles. The number of nitrogens with zero attached hydrogens (tertiary/aromatic N) is 1. The van der Waals surface area contributed by atoms with Gasteiger partial charge in [0.05, 0.1) is 3.42 Å². The molecule has 0 N–H and O–H groups in total. The van der Waals surface area contributed by atoms with Gasteiger partial charge >= 0.3 is 0 Å². The summed E-state index contributed by atoms with van der Waals surface area (Å²) in [6.07, 6.45) is 10.7. The van der Waals surface area contributed by atoms with E-state index in [1.165, 1.54) is 25.7 Å². The van der Waals surface area contributed by atoms with Crippen molar-refractivity contribution in [1.82, 2.24) is 4.90 Å². The van der Waals surface area contributed by atoms with Gasteiger partial charge in [-0.15, -0.1) is 6.42 Å². The first-order chi connectivity index (χ1) is 5.64. The van der Waals surface area contributed by atoms with Crippen LogP contribution in [-0.4, -0.2) is 27.5 Å². The minimum atomic E-state index is 0.163. The van der Waals surface area contributed by atoms with E-state index in [-0.39, 0.29) is 3.42 Å². The molecule has 0 spiro atoms. The molecule has 0 aromatic carbocycles. The van der Waals surface area contributed by atoms with Gasteiger partial charge in [0.2, 0.25) is 0 Å². The van der Waals surface area contributed by atoms with Gasteiger partial charge in [-0.2, -0.15) is 0 Å². The predicted molar refractivity (Wildman–Crippen MR) is 59.4 cm³/mol. The minimum Gasteiger partial charge on any atom is -0.300 e. The van der Waals surface area contributed by atoms with Crippen molar-refractivity contribution >= 4 is 22.6 Å². The molecule has 2 rings (SSSR count). The number of halogens is 1. The summed E-state index contributed by atoms with van der Waals surface area (Å²) in [5, 5.41) is 0. The molecule has 0 radical (unpaired) electrons. The molecular formula is C10H14IN. The summed E-state index contributed by atoms with van der Waals surface area (Å²) in [5.41, 5.74) is 0. The summed E-state index contributed by atoms with van der Waals surface area (Å²) in [7, 11) is 2.25. The summed E-state index contributed by atoms with van der Waals surface area (Å²) in [4.78, 5) is 2.52. The summed E-state index contributed by atoms with van der Waals surface area (Å²) in [6, 6.07) is 1.52. The normalized spacial score (nSPS) is 47.4. The molecule has 66 valence electrons. The fourth-order valence-electron chi connectivity index (χ4n) is 2.53. The van der Waals surface area contributed by atoms with Crippen molar-refractivity contribution < 1.29 is 0 Å². The van der Waals surface area contributed by atoms with Crippen LogP contribution in [0.1, 0.15) is 25.7 Å². The largest absolute Gasteiger partial charge is 0.300 e. The molecule has 2 fully saturated rings. The topological polar surface area (TPSA) is 3.24 Å². The van der Waals surface area contributed by atoms with E-state index in [1.807, 2.05) is 0 Å². The van der Waals surface area contributed by atoms with Crippen LogP contribution < -0.4 is 0 Å². The molecule has 2 heteroatoms. The van der Waals surface area contributed by atoms with Gasteiger partial charge in [-0.3, -0.25) is 0 Å². The highest BCUT2D eigenvalue weighted by molar-refractivity contribution is 14.1. The predicted octanol–water partition coefficient (Wildman–Crippen LogP) is 2.05. The molecular weight excluding hydrogens is 261 g/mol. The number of alkyl halides is 1. The van der Waals surface area contributed by atoms with Gasteiger partial charge in [0.15, 0.2) is 0 Å². The van der Waals surface area contributed by atoms with Gasteiger partial charge in [-0.05, 0) is 32.7 Å². The Kier molecular flexibility index (Phi) is 2.12. The van der Waals surface area contributed by atoms with Gasteiger partial charge in [-0.25, -0.2) is 0 Å². The number of hydrogen-bond acceptors (Lipinski definition) is 1. The average Bonchev–Trinajstić information content (AvgIpc) is 2.32. The second kappa shape index (κ2) is 2.88. The van der Waals surface area contributed by atoms with E-state index in [1.54, 1.807) is 0 Å². The molecule has 1 unspecified atom stereocenters. The van der Waals surface area contributed by atoms with Gasteiger partial charge in [0, 0.05) is 12.1 Å². The number of piperidine rings is 1. The molecule has 2 saturated heterocycles. The van der Waals surface area contributed by atoms with Gasteiger partial charge < -0.3 is 4.90 Å². The Hall–Kier alpha value is 0.250. The number of hydrogen-bond donors (Lipinski definition) is 0. The third-order valence-corrected chi connectivity index (χ3v) is 4.55. The second-order valence-electron chi connectivity index (χ2n) is 4.07. The molecule has 0 aromatic heterocycles. The van der Waals surface area contributed by atoms with Crippen LogP contribution in [0.15, 0.2) is 0 Å². The zero-order valence-corrected chi connectivity index (χ0v) is 9.54. The Morgan fingerprint density at radius 1 is 1.42 bits per heavy atom. The minimum absolute atomic E-state index is 0.163. The summed E-state index contributed by atoms with van der Waals surface area (Å²) in [5.74, 6) is 2.96. The lowest BCUT2D eigenvalue weighted by Gasteiger charge is -2.39. The van der Waals surface area contributed by atoms with E-state index >= 15 is 0 Å². The first-order valence-electron chi connectivity index (χ1n) is 4.53. The lowest BCUT2D eigenvalue weighted by Crippen LogP contribution is -2.45. The van der Waals surface area contributed by atoms with Crippen LogP contribution in [0.25, 0.3) is 0 Å². The zero-order valence-electron chi connectivity index (χ0n) is 7.39. The van der Waals surface area contributed by atoms with Crippen molar-refractivity contribution in [1.29, 1.82) is 0 Å². The van der Waals surface area contributed by atoms with Gasteiger partial charge in [0.1, 0.15) is 0 Å². The number of terminal acetylenes is 1. The van der Waals surface area contributed by atoms with Crippen molar-refractivity contribution in [2.75, 3.05) is 7.05 Å². The Labute approximate surface area is 88.0 Å². The molecule has 0 aliphatic carbocycles. The fraction of sp³-hybridized carbons (Fsp3) is 0.800. The fourth-order valence-corrected chi connectivity index (χ4v) is 3.55. The Morgan fingerprint density at radius 2 is 1.92 bits per heavy atom. The number of rotatable bonds is 0. The third kappa shape index (κ3) is 1.27. The molecule has 0 saturated carbocycles. The molecule has 0 amide bonds. The zero-order chi connectivity index (χ0) is 8.77. The SMILES string of the molecule is C#CC1(I)C[C@H]2CC[C@@H](C1)N2C. The van der Waals surface area contributed by atoms with Crippen molar-refractivity contribution in [3.8, 4) is 12.3 Å². The molecule has 2 bridgehead atoms. The summed E-state index contributed by atoms with van der Waals surface area (Å²) in [6.45, 7) is 0. The Balaban J connectivity index is 2.18. The molecule has 2 aliphatic rings. The van der Waals surface area contributed by atoms with Crippen molar-refractivity contribution in [2.24, 2.45) is 0 Å². The van der Waals surface area contributed by atoms with E-state index < -0.39 is 0 Å². The highest BCUT2D eigenvalue weighted by Gasteiger charge is 2.44. The maximum atomic E-state index is 5.56. The third-order valence-electron chi connectivity index (χ3n) is 3.36. The summed E-state index contributed by atoms with van der Waals surface area (Å²) >= 11 is 2.47. The van der Waals surface area contributed by atoms with Crippen LogP contribution >= 0.6 is 22.6 Å². The first kappa shape index (κ1) is 8.83. The highest BCUT2D eigenvalue weighted by Crippen LogP contribution is 2.43. The van der Waals surface area contributed by atoms with Crippen LogP contribution in [0, 0.1) is 12.3 Å². The first-order valence-corrected chi connectivity index (χ1v) is 5.61. The lowest BCUT2D eigenvalue weighted by molar-refractivity contribution is 0.172. The van der Waals surface area contributed by atoms with Crippen LogP contribution in [0.3, 0.4) is 0 Å². The van der Waals surface area contributed by atoms with Crippen molar-refractivity contribution in [3.05, 3.63) is 0 Å². The van der Waals surface area contributed by atoms with Crippen molar-refractivity contribution in [2.45, 2.75) is 41.2 Å². The highest BCUT2D eigenvalue weighted by atomic mass is 127. The van der Waals surface area contributed by atoms with Gasteiger partial charge in [0.25, 0.3) is 0 Å². The van der Waals surface area contributed by atoms with E-state index in [2.05, 4.69) is 40.5 Å². The Morgan fingerprint density at radius 3 is 2.33 bits per heavy atom. The molecule has 1 nitrogen and oxygen atoms in total. The Bertz CT molecular complexity index is 216. The van der Waals surface area contributed by atoms with Crippen LogP contribution in [0.2, 0.25) is 0 Å². The summed E-state index contributed by atoms with van der Waals surface area (Å²) < 4.78 is 0.163. The molecule has 2 aliphatic heterocycles. The molecule has 0 aromatic rings. The van der Waals surface area contributed by atoms with E-state index in [9.17, 15) is 0 Å². The van der Waals surface area contributed by atoms with E-state index in [4.69, 9.17) is 6.42 Å². The van der Waals surface area contributed by atoms with E-state index in [0.29, 0.717) is 0 Å². The van der Waals surface area contributed by atoms with Crippen LogP contribution in [0.4, 0.5) is 0 Å².